The molecule has 0 saturated heterocycles. The summed E-state index contributed by atoms with van der Waals surface area (Å²) in [5.41, 5.74) is 1.43. The van der Waals surface area contributed by atoms with E-state index in [0.29, 0.717) is 18.5 Å². The van der Waals surface area contributed by atoms with E-state index in [9.17, 15) is 0 Å². The lowest BCUT2D eigenvalue weighted by Crippen LogP contribution is -1.97. The molecule has 0 atom stereocenters. The second-order valence-electron chi connectivity index (χ2n) is 2.77. The quantitative estimate of drug-likeness (QED) is 0.757. The average molecular weight is 176 g/mol. The second kappa shape index (κ2) is 4.48. The molecule has 0 aliphatic heterocycles. The number of hydrogen-bond donors (Lipinski definition) is 1. The molecule has 0 radical (unpaired) electrons. The van der Waals surface area contributed by atoms with Crippen LogP contribution in [0.25, 0.3) is 5.70 Å². The van der Waals surface area contributed by atoms with Crippen LogP contribution in [0.15, 0.2) is 24.9 Å². The van der Waals surface area contributed by atoms with Crippen molar-refractivity contribution >= 4 is 5.70 Å². The van der Waals surface area contributed by atoms with Crippen molar-refractivity contribution in [3.05, 3.63) is 30.6 Å². The van der Waals surface area contributed by atoms with Gasteiger partial charge in [-0.15, -0.1) is 0 Å². The highest BCUT2D eigenvalue weighted by molar-refractivity contribution is 5.46. The van der Waals surface area contributed by atoms with E-state index in [1.807, 2.05) is 6.07 Å². The lowest BCUT2D eigenvalue weighted by atomic mass is 10.2. The molecule has 0 saturated carbocycles. The molecule has 0 aliphatic carbocycles. The summed E-state index contributed by atoms with van der Waals surface area (Å²) < 4.78 is 1.75. The molecule has 0 spiro atoms. The molecule has 0 unspecified atom stereocenters. The number of allylic oxidation sites excluding steroid dienone is 1. The van der Waals surface area contributed by atoms with Gasteiger partial charge >= 0.3 is 0 Å². The van der Waals surface area contributed by atoms with Crippen molar-refractivity contribution in [1.29, 1.82) is 5.26 Å². The van der Waals surface area contributed by atoms with E-state index in [1.54, 1.807) is 16.8 Å². The van der Waals surface area contributed by atoms with Crippen molar-refractivity contribution in [2.75, 3.05) is 6.61 Å². The Balaban J connectivity index is 2.72. The standard InChI is InChI=1S/C10H12N2O/c1-9(4-3-7-13)12-6-2-5-10(12)8-11/h2,5-6,13H,1,3-4,7H2. The van der Waals surface area contributed by atoms with Crippen molar-refractivity contribution in [3.8, 4) is 6.07 Å². The van der Waals surface area contributed by atoms with Gasteiger partial charge in [0.05, 0.1) is 0 Å². The topological polar surface area (TPSA) is 49.0 Å². The zero-order valence-electron chi connectivity index (χ0n) is 7.40. The number of rotatable bonds is 4. The van der Waals surface area contributed by atoms with Gasteiger partial charge in [0.15, 0.2) is 0 Å². The Bertz CT molecular complexity index is 333. The molecule has 3 nitrogen and oxygen atoms in total. The van der Waals surface area contributed by atoms with E-state index < -0.39 is 0 Å². The van der Waals surface area contributed by atoms with E-state index in [-0.39, 0.29) is 6.61 Å². The average Bonchev–Trinajstić information content (AvgIpc) is 2.61. The molecule has 1 heterocycles. The maximum Gasteiger partial charge on any atom is 0.124 e. The summed E-state index contributed by atoms with van der Waals surface area (Å²) in [5, 5.41) is 17.3. The maximum absolute atomic E-state index is 8.72. The first-order valence-corrected chi connectivity index (χ1v) is 4.16. The van der Waals surface area contributed by atoms with Gasteiger partial charge in [-0.2, -0.15) is 5.26 Å². The molecule has 1 N–H and O–H groups in total. The number of nitrogens with zero attached hydrogens (tertiary/aromatic N) is 2. The van der Waals surface area contributed by atoms with Gasteiger partial charge in [-0.25, -0.2) is 0 Å². The Morgan fingerprint density at radius 1 is 1.69 bits per heavy atom. The number of hydrogen-bond acceptors (Lipinski definition) is 2. The zero-order valence-corrected chi connectivity index (χ0v) is 7.40. The highest BCUT2D eigenvalue weighted by atomic mass is 16.2. The minimum Gasteiger partial charge on any atom is -0.396 e. The number of nitriles is 1. The summed E-state index contributed by atoms with van der Waals surface area (Å²) in [4.78, 5) is 0. The second-order valence-corrected chi connectivity index (χ2v) is 2.77. The Hall–Kier alpha value is -1.53. The van der Waals surface area contributed by atoms with E-state index in [4.69, 9.17) is 10.4 Å². The first-order chi connectivity index (χ1) is 6.29. The van der Waals surface area contributed by atoms with Crippen LogP contribution in [0.1, 0.15) is 18.5 Å². The molecule has 1 aromatic heterocycles. The van der Waals surface area contributed by atoms with Gasteiger partial charge in [0.1, 0.15) is 11.8 Å². The van der Waals surface area contributed by atoms with E-state index in [0.717, 1.165) is 5.70 Å². The largest absolute Gasteiger partial charge is 0.396 e. The Morgan fingerprint density at radius 2 is 2.46 bits per heavy atom. The summed E-state index contributed by atoms with van der Waals surface area (Å²) in [6, 6.07) is 5.62. The summed E-state index contributed by atoms with van der Waals surface area (Å²) in [6.07, 6.45) is 3.19. The third kappa shape index (κ3) is 2.20. The van der Waals surface area contributed by atoms with Gasteiger partial charge in [0.25, 0.3) is 0 Å². The molecule has 0 aromatic carbocycles. The molecule has 1 aromatic rings. The lowest BCUT2D eigenvalue weighted by Gasteiger charge is -2.06. The normalized spacial score (nSPS) is 9.54. The van der Waals surface area contributed by atoms with Gasteiger partial charge < -0.3 is 9.67 Å². The molecular formula is C10H12N2O. The number of aliphatic hydroxyl groups is 1. The van der Waals surface area contributed by atoms with Crippen LogP contribution in [0.4, 0.5) is 0 Å². The number of aliphatic hydroxyl groups excluding tert-OH is 1. The van der Waals surface area contributed by atoms with Crippen LogP contribution < -0.4 is 0 Å². The van der Waals surface area contributed by atoms with Crippen LogP contribution in [0.3, 0.4) is 0 Å². The highest BCUT2D eigenvalue weighted by Crippen LogP contribution is 2.12. The van der Waals surface area contributed by atoms with Crippen LogP contribution in [0.2, 0.25) is 0 Å². The smallest absolute Gasteiger partial charge is 0.124 e. The molecule has 68 valence electrons. The van der Waals surface area contributed by atoms with Crippen molar-refractivity contribution in [2.45, 2.75) is 12.8 Å². The first kappa shape index (κ1) is 9.56. The van der Waals surface area contributed by atoms with Crippen molar-refractivity contribution in [2.24, 2.45) is 0 Å². The van der Waals surface area contributed by atoms with Gasteiger partial charge in [0, 0.05) is 18.5 Å². The first-order valence-electron chi connectivity index (χ1n) is 4.16. The molecule has 3 heteroatoms. The van der Waals surface area contributed by atoms with E-state index in [1.165, 1.54) is 0 Å². The zero-order chi connectivity index (χ0) is 9.68. The maximum atomic E-state index is 8.72. The highest BCUT2D eigenvalue weighted by Gasteiger charge is 2.02. The van der Waals surface area contributed by atoms with Crippen LogP contribution in [0, 0.1) is 11.3 Å². The van der Waals surface area contributed by atoms with Crippen LogP contribution in [0.5, 0.6) is 0 Å². The fourth-order valence-electron chi connectivity index (χ4n) is 1.15. The number of aromatic nitrogens is 1. The Kier molecular flexibility index (Phi) is 3.30. The van der Waals surface area contributed by atoms with Crippen molar-refractivity contribution in [3.63, 3.8) is 0 Å². The SMILES string of the molecule is C=C(CCCO)n1cccc1C#N. The monoisotopic (exact) mass is 176 g/mol. The summed E-state index contributed by atoms with van der Waals surface area (Å²) in [6.45, 7) is 4.00. The lowest BCUT2D eigenvalue weighted by molar-refractivity contribution is 0.290. The predicted octanol–water partition coefficient (Wildman–Crippen LogP) is 1.60. The molecule has 0 aliphatic rings. The van der Waals surface area contributed by atoms with Crippen LogP contribution >= 0.6 is 0 Å². The Morgan fingerprint density at radius 3 is 3.08 bits per heavy atom. The van der Waals surface area contributed by atoms with Crippen molar-refractivity contribution < 1.29 is 5.11 Å². The summed E-state index contributed by atoms with van der Waals surface area (Å²) in [5.74, 6) is 0. The third-order valence-corrected chi connectivity index (χ3v) is 1.83. The fraction of sp³-hybridized carbons (Fsp3) is 0.300. The molecule has 0 bridgehead atoms. The molecular weight excluding hydrogens is 164 g/mol. The summed E-state index contributed by atoms with van der Waals surface area (Å²) in [7, 11) is 0. The predicted molar refractivity (Wildman–Crippen MR) is 50.8 cm³/mol. The van der Waals surface area contributed by atoms with Gasteiger partial charge in [0.2, 0.25) is 0 Å². The fourth-order valence-corrected chi connectivity index (χ4v) is 1.15. The minimum atomic E-state index is 0.155. The van der Waals surface area contributed by atoms with Crippen LogP contribution in [-0.2, 0) is 0 Å². The van der Waals surface area contributed by atoms with Crippen molar-refractivity contribution in [1.82, 2.24) is 4.57 Å². The van der Waals surface area contributed by atoms with E-state index >= 15 is 0 Å². The molecule has 1 rings (SSSR count). The van der Waals surface area contributed by atoms with Gasteiger partial charge in [-0.05, 0) is 25.0 Å². The third-order valence-electron chi connectivity index (χ3n) is 1.83. The minimum absolute atomic E-state index is 0.155. The summed E-state index contributed by atoms with van der Waals surface area (Å²) >= 11 is 0. The van der Waals surface area contributed by atoms with E-state index in [2.05, 4.69) is 12.6 Å². The molecule has 0 amide bonds. The van der Waals surface area contributed by atoms with Crippen LogP contribution in [-0.4, -0.2) is 16.3 Å². The molecule has 0 fully saturated rings. The Labute approximate surface area is 77.5 Å². The van der Waals surface area contributed by atoms with Gasteiger partial charge in [-0.1, -0.05) is 6.58 Å². The van der Waals surface area contributed by atoms with Gasteiger partial charge in [-0.3, -0.25) is 0 Å². The molecule has 13 heavy (non-hydrogen) atoms.